The van der Waals surface area contributed by atoms with Crippen LogP contribution in [0.3, 0.4) is 0 Å². The Morgan fingerprint density at radius 1 is 0.870 bits per heavy atom. The molecular weight excluding hydrogens is 288 g/mol. The molecule has 0 radical (unpaired) electrons. The van der Waals surface area contributed by atoms with Crippen molar-refractivity contribution in [1.82, 2.24) is 0 Å². The smallest absolute Gasteiger partial charge is 0.270 e. The second kappa shape index (κ2) is 6.05. The molecule has 0 saturated heterocycles. The van der Waals surface area contributed by atoms with Crippen LogP contribution in [0.1, 0.15) is 28.2 Å². The number of hydrogen-bond donors (Lipinski definition) is 0. The van der Waals surface area contributed by atoms with Gasteiger partial charge in [0, 0.05) is 0 Å². The maximum Gasteiger partial charge on any atom is 0.276 e. The Hall–Kier alpha value is -3.57. The number of amides is 1. The highest BCUT2D eigenvalue weighted by molar-refractivity contribution is 5.98. The van der Waals surface area contributed by atoms with Gasteiger partial charge in [0.15, 0.2) is 0 Å². The van der Waals surface area contributed by atoms with E-state index in [1.807, 2.05) is 0 Å². The molecule has 0 aromatic heterocycles. The van der Waals surface area contributed by atoms with E-state index in [0.29, 0.717) is 11.1 Å². The van der Waals surface area contributed by atoms with Gasteiger partial charge in [-0.05, 0) is 41.0 Å². The van der Waals surface area contributed by atoms with E-state index >= 15 is 0 Å². The second-order valence-corrected chi connectivity index (χ2v) is 4.99. The van der Waals surface area contributed by atoms with Crippen LogP contribution in [0.5, 0.6) is 0 Å². The quantitative estimate of drug-likeness (QED) is 0.849. The molecule has 108 valence electrons. The number of rotatable bonds is 2. The van der Waals surface area contributed by atoms with Gasteiger partial charge in [-0.1, -0.05) is 24.3 Å². The highest BCUT2D eigenvalue weighted by Crippen LogP contribution is 2.36. The van der Waals surface area contributed by atoms with Gasteiger partial charge in [0.05, 0.1) is 35.4 Å². The lowest BCUT2D eigenvalue weighted by atomic mass is 9.85. The van der Waals surface area contributed by atoms with Gasteiger partial charge < -0.3 is 0 Å². The van der Waals surface area contributed by atoms with E-state index in [-0.39, 0.29) is 5.91 Å². The first kappa shape index (κ1) is 14.4. The largest absolute Gasteiger partial charge is 0.276 e. The zero-order valence-electron chi connectivity index (χ0n) is 12.0. The molecular formula is C18H10N4O. The summed E-state index contributed by atoms with van der Waals surface area (Å²) in [6, 6.07) is 17.9. The maximum atomic E-state index is 12.2. The average molecular weight is 298 g/mol. The van der Waals surface area contributed by atoms with Crippen molar-refractivity contribution >= 4 is 11.5 Å². The molecule has 0 saturated carbocycles. The molecule has 0 spiro atoms. The fourth-order valence-electron chi connectivity index (χ4n) is 2.46. The van der Waals surface area contributed by atoms with E-state index in [0.717, 1.165) is 16.7 Å². The van der Waals surface area contributed by atoms with Crippen LogP contribution in [0, 0.1) is 22.7 Å². The zero-order valence-corrected chi connectivity index (χ0v) is 12.0. The zero-order chi connectivity index (χ0) is 16.2. The van der Waals surface area contributed by atoms with Crippen LogP contribution in [-0.2, 0) is 4.79 Å². The molecule has 1 aliphatic rings. The first-order valence-electron chi connectivity index (χ1n) is 6.88. The summed E-state index contributed by atoms with van der Waals surface area (Å²) in [4.78, 5) is 12.2. The predicted molar refractivity (Wildman–Crippen MR) is 82.9 cm³/mol. The first-order chi connectivity index (χ1) is 11.2. The summed E-state index contributed by atoms with van der Waals surface area (Å²) in [5, 5.41) is 25.2. The summed E-state index contributed by atoms with van der Waals surface area (Å²) < 4.78 is 0. The fourth-order valence-corrected chi connectivity index (χ4v) is 2.46. The molecule has 3 rings (SSSR count). The second-order valence-electron chi connectivity index (χ2n) is 4.99. The van der Waals surface area contributed by atoms with Crippen LogP contribution in [0.2, 0.25) is 0 Å². The van der Waals surface area contributed by atoms with Crippen molar-refractivity contribution in [3.05, 3.63) is 77.0 Å². The molecule has 1 heterocycles. The molecule has 23 heavy (non-hydrogen) atoms. The molecule has 0 bridgehead atoms. The van der Waals surface area contributed by atoms with E-state index in [1.165, 1.54) is 0 Å². The standard InChI is InChI=1S/C18H10N4O/c19-9-12-1-5-14(6-2-12)16-11-21-22-18(23)17(16)15-7-3-13(10-20)4-8-15/h1-8,11,17H. The Labute approximate surface area is 132 Å². The van der Waals surface area contributed by atoms with E-state index in [4.69, 9.17) is 10.5 Å². The maximum absolute atomic E-state index is 12.2. The van der Waals surface area contributed by atoms with Gasteiger partial charge in [-0.3, -0.25) is 4.79 Å². The molecule has 5 heteroatoms. The van der Waals surface area contributed by atoms with Crippen molar-refractivity contribution in [3.8, 4) is 12.1 Å². The Morgan fingerprint density at radius 3 is 2.00 bits per heavy atom. The van der Waals surface area contributed by atoms with Crippen LogP contribution in [0.15, 0.2) is 65.0 Å². The Balaban J connectivity index is 2.03. The lowest BCUT2D eigenvalue weighted by molar-refractivity contribution is -0.118. The van der Waals surface area contributed by atoms with Gasteiger partial charge in [-0.15, -0.1) is 5.11 Å². The molecule has 2 aromatic rings. The van der Waals surface area contributed by atoms with E-state index in [9.17, 15) is 4.79 Å². The minimum absolute atomic E-state index is 0.350. The van der Waals surface area contributed by atoms with Crippen LogP contribution in [-0.4, -0.2) is 5.91 Å². The number of hydrogen-bond acceptors (Lipinski definition) is 4. The summed E-state index contributed by atoms with van der Waals surface area (Å²) in [6.07, 6.45) is 1.56. The number of benzene rings is 2. The van der Waals surface area contributed by atoms with Crippen molar-refractivity contribution < 1.29 is 4.79 Å². The summed E-state index contributed by atoms with van der Waals surface area (Å²) in [5.41, 5.74) is 3.36. The summed E-state index contributed by atoms with van der Waals surface area (Å²) in [7, 11) is 0. The molecule has 2 aromatic carbocycles. The topological polar surface area (TPSA) is 89.4 Å². The van der Waals surface area contributed by atoms with Gasteiger partial charge in [0.25, 0.3) is 5.91 Å². The number of carbonyl (C=O) groups is 1. The highest BCUT2D eigenvalue weighted by atomic mass is 16.2. The predicted octanol–water partition coefficient (Wildman–Crippen LogP) is 3.55. The lowest BCUT2D eigenvalue weighted by Gasteiger charge is -2.19. The summed E-state index contributed by atoms with van der Waals surface area (Å²) in [5.74, 6) is -0.912. The molecule has 1 unspecified atom stereocenters. The summed E-state index contributed by atoms with van der Waals surface area (Å²) in [6.45, 7) is 0. The van der Waals surface area contributed by atoms with Crippen molar-refractivity contribution in [3.63, 3.8) is 0 Å². The van der Waals surface area contributed by atoms with Crippen molar-refractivity contribution in [2.45, 2.75) is 5.92 Å². The SMILES string of the molecule is N#Cc1ccc(C2=CN=NC(=O)C2c2ccc(C#N)cc2)cc1. The Morgan fingerprint density at radius 2 is 1.43 bits per heavy atom. The number of carbonyl (C=O) groups excluding carboxylic acids is 1. The van der Waals surface area contributed by atoms with Crippen molar-refractivity contribution in [2.24, 2.45) is 10.2 Å². The summed E-state index contributed by atoms with van der Waals surface area (Å²) >= 11 is 0. The molecule has 1 aliphatic heterocycles. The molecule has 1 atom stereocenters. The fraction of sp³-hybridized carbons (Fsp3) is 0.0556. The first-order valence-corrected chi connectivity index (χ1v) is 6.88. The third-order valence-corrected chi connectivity index (χ3v) is 3.63. The van der Waals surface area contributed by atoms with Crippen LogP contribution in [0.25, 0.3) is 5.57 Å². The van der Waals surface area contributed by atoms with Gasteiger partial charge >= 0.3 is 0 Å². The van der Waals surface area contributed by atoms with Gasteiger partial charge in [0.1, 0.15) is 0 Å². The van der Waals surface area contributed by atoms with E-state index in [1.54, 1.807) is 54.7 Å². The minimum atomic E-state index is -0.562. The molecule has 1 amide bonds. The third-order valence-electron chi connectivity index (χ3n) is 3.63. The van der Waals surface area contributed by atoms with Gasteiger partial charge in [-0.2, -0.15) is 15.6 Å². The van der Waals surface area contributed by atoms with Crippen LogP contribution < -0.4 is 0 Å². The number of nitriles is 2. The minimum Gasteiger partial charge on any atom is -0.270 e. The average Bonchev–Trinajstić information content (AvgIpc) is 2.62. The van der Waals surface area contributed by atoms with Crippen molar-refractivity contribution in [2.75, 3.05) is 0 Å². The molecule has 0 aliphatic carbocycles. The van der Waals surface area contributed by atoms with Gasteiger partial charge in [-0.25, -0.2) is 0 Å². The molecule has 0 N–H and O–H groups in total. The monoisotopic (exact) mass is 298 g/mol. The van der Waals surface area contributed by atoms with E-state index in [2.05, 4.69) is 22.4 Å². The number of azo groups is 1. The Kier molecular flexibility index (Phi) is 3.78. The van der Waals surface area contributed by atoms with E-state index < -0.39 is 5.92 Å². The number of nitrogens with zero attached hydrogens (tertiary/aromatic N) is 4. The van der Waals surface area contributed by atoms with Crippen LogP contribution >= 0.6 is 0 Å². The molecule has 0 fully saturated rings. The van der Waals surface area contributed by atoms with Crippen molar-refractivity contribution in [1.29, 1.82) is 10.5 Å². The Bertz CT molecular complexity index is 894. The lowest BCUT2D eigenvalue weighted by Crippen LogP contribution is -2.14. The van der Waals surface area contributed by atoms with Gasteiger partial charge in [0.2, 0.25) is 0 Å². The molecule has 5 nitrogen and oxygen atoms in total. The normalized spacial score (nSPS) is 16.3. The third kappa shape index (κ3) is 2.76. The highest BCUT2D eigenvalue weighted by Gasteiger charge is 2.28. The van der Waals surface area contributed by atoms with Crippen LogP contribution in [0.4, 0.5) is 0 Å².